The Labute approximate surface area is 226 Å². The molecule has 1 aliphatic rings. The Balaban J connectivity index is 1.51. The predicted molar refractivity (Wildman–Crippen MR) is 142 cm³/mol. The van der Waals surface area contributed by atoms with Gasteiger partial charge in [-0.05, 0) is 60.2 Å². The van der Waals surface area contributed by atoms with Crippen LogP contribution in [0.3, 0.4) is 0 Å². The first kappa shape index (κ1) is 25.8. The second-order valence-corrected chi connectivity index (χ2v) is 10.6. The van der Waals surface area contributed by atoms with Gasteiger partial charge in [-0.3, -0.25) is 9.59 Å². The molecule has 4 nitrogen and oxygen atoms in total. The van der Waals surface area contributed by atoms with Crippen LogP contribution < -0.4 is 10.6 Å². The minimum atomic E-state index is -1.35. The molecule has 1 aliphatic carbocycles. The summed E-state index contributed by atoms with van der Waals surface area (Å²) in [4.78, 5) is 25.8. The number of hydrogen-bond acceptors (Lipinski definition) is 2. The van der Waals surface area contributed by atoms with E-state index in [1.807, 2.05) is 0 Å². The minimum absolute atomic E-state index is 0.103. The lowest BCUT2D eigenvalue weighted by Crippen LogP contribution is -2.18. The van der Waals surface area contributed by atoms with E-state index in [0.717, 1.165) is 0 Å². The van der Waals surface area contributed by atoms with Crippen molar-refractivity contribution in [3.63, 3.8) is 0 Å². The first-order valence-electron chi connectivity index (χ1n) is 10.2. The second-order valence-electron chi connectivity index (χ2n) is 7.91. The molecule has 0 radical (unpaired) electrons. The predicted octanol–water partition coefficient (Wildman–Crippen LogP) is 8.21. The molecule has 0 saturated heterocycles. The monoisotopic (exact) mass is 570 g/mol. The van der Waals surface area contributed by atoms with Crippen LogP contribution in [0.1, 0.15) is 27.4 Å². The van der Waals surface area contributed by atoms with Crippen molar-refractivity contribution in [2.45, 2.75) is 10.3 Å². The first-order chi connectivity index (χ1) is 16.5. The molecule has 3 aromatic rings. The molecule has 4 rings (SSSR count). The summed E-state index contributed by atoms with van der Waals surface area (Å²) in [5.41, 5.74) is 1.65. The summed E-state index contributed by atoms with van der Waals surface area (Å²) in [5.74, 6) is -2.75. The van der Waals surface area contributed by atoms with E-state index in [9.17, 15) is 14.0 Å². The van der Waals surface area contributed by atoms with Crippen molar-refractivity contribution >= 4 is 87.3 Å². The van der Waals surface area contributed by atoms with Gasteiger partial charge < -0.3 is 10.6 Å². The lowest BCUT2D eigenvalue weighted by atomic mass is 10.1. The second kappa shape index (κ2) is 10.00. The van der Waals surface area contributed by atoms with Gasteiger partial charge >= 0.3 is 0 Å². The highest BCUT2D eigenvalue weighted by molar-refractivity contribution is 6.53. The average molecular weight is 573 g/mol. The molecule has 0 aliphatic heterocycles. The highest BCUT2D eigenvalue weighted by Gasteiger charge is 2.67. The number of anilines is 2. The fraction of sp³-hybridized carbons (Fsp3) is 0.120. The summed E-state index contributed by atoms with van der Waals surface area (Å²) in [5, 5.41) is 6.34. The van der Waals surface area contributed by atoms with Crippen LogP contribution in [-0.2, 0) is 4.79 Å². The summed E-state index contributed by atoms with van der Waals surface area (Å²) in [6, 6.07) is 13.4. The van der Waals surface area contributed by atoms with Crippen LogP contribution in [0, 0.1) is 11.7 Å². The van der Waals surface area contributed by atoms with E-state index in [4.69, 9.17) is 58.0 Å². The molecular weight excluding hydrogens is 557 g/mol. The van der Waals surface area contributed by atoms with Crippen LogP contribution in [0.25, 0.3) is 6.08 Å². The molecule has 0 bridgehead atoms. The zero-order valence-corrected chi connectivity index (χ0v) is 21.5. The van der Waals surface area contributed by atoms with E-state index >= 15 is 0 Å². The molecule has 10 heteroatoms. The maximum absolute atomic E-state index is 13.7. The van der Waals surface area contributed by atoms with Gasteiger partial charge in [-0.15, -0.1) is 23.2 Å². The number of nitrogens with one attached hydrogen (secondary N) is 2. The van der Waals surface area contributed by atoms with Crippen molar-refractivity contribution in [1.82, 2.24) is 0 Å². The summed E-state index contributed by atoms with van der Waals surface area (Å²) >= 11 is 31.2. The van der Waals surface area contributed by atoms with Gasteiger partial charge in [0.2, 0.25) is 5.91 Å². The van der Waals surface area contributed by atoms with Crippen LogP contribution in [0.2, 0.25) is 15.1 Å². The zero-order valence-electron chi connectivity index (χ0n) is 17.7. The Kier molecular flexibility index (Phi) is 7.37. The van der Waals surface area contributed by atoms with Crippen molar-refractivity contribution in [2.75, 3.05) is 10.6 Å². The van der Waals surface area contributed by atoms with Gasteiger partial charge in [0.15, 0.2) is 0 Å². The van der Waals surface area contributed by atoms with Crippen LogP contribution >= 0.6 is 58.0 Å². The van der Waals surface area contributed by atoms with Gasteiger partial charge in [-0.2, -0.15) is 0 Å². The van der Waals surface area contributed by atoms with E-state index in [1.54, 1.807) is 24.3 Å². The summed E-state index contributed by atoms with van der Waals surface area (Å²) < 4.78 is 12.3. The van der Waals surface area contributed by atoms with Crippen molar-refractivity contribution < 1.29 is 14.0 Å². The van der Waals surface area contributed by atoms with Gasteiger partial charge in [0.05, 0.1) is 16.5 Å². The number of carbonyl (C=O) groups excluding carboxylic acids is 2. The number of amides is 2. The number of alkyl halides is 2. The van der Waals surface area contributed by atoms with E-state index in [0.29, 0.717) is 27.0 Å². The molecule has 2 amide bonds. The van der Waals surface area contributed by atoms with Gasteiger partial charge in [-0.25, -0.2) is 4.39 Å². The third-order valence-corrected chi connectivity index (χ3v) is 7.24. The highest BCUT2D eigenvalue weighted by atomic mass is 35.5. The van der Waals surface area contributed by atoms with E-state index in [2.05, 4.69) is 17.2 Å². The lowest BCUT2D eigenvalue weighted by molar-refractivity contribution is -0.117. The van der Waals surface area contributed by atoms with Crippen LogP contribution in [0.4, 0.5) is 15.8 Å². The number of benzene rings is 3. The molecule has 35 heavy (non-hydrogen) atoms. The van der Waals surface area contributed by atoms with Crippen molar-refractivity contribution in [1.29, 1.82) is 0 Å². The molecule has 180 valence electrons. The number of rotatable bonds is 6. The Hall–Kier alpha value is -2.28. The molecule has 0 spiro atoms. The summed E-state index contributed by atoms with van der Waals surface area (Å²) in [6.07, 6.45) is 1.34. The standard InChI is InChI=1S/C25H16Cl5FN2O2/c1-2-12-9-16(4-6-20(12)31)32-23(34)18-11-17(3-5-19(18)28)33-24(35)22-21(25(22,29)30)13-7-14(26)10-15(27)8-13/h2-11,21-22H,1H2,(H,32,34)(H,33,35)/t21-,22+/m0/s1. The molecular formula is C25H16Cl5FN2O2. The summed E-state index contributed by atoms with van der Waals surface area (Å²) in [7, 11) is 0. The lowest BCUT2D eigenvalue weighted by Gasteiger charge is -2.11. The smallest absolute Gasteiger partial charge is 0.257 e. The van der Waals surface area contributed by atoms with Crippen molar-refractivity contribution in [3.05, 3.63) is 98.8 Å². The third-order valence-electron chi connectivity index (χ3n) is 5.53. The van der Waals surface area contributed by atoms with Crippen LogP contribution in [0.15, 0.2) is 61.2 Å². The van der Waals surface area contributed by atoms with Gasteiger partial charge in [0.1, 0.15) is 10.2 Å². The van der Waals surface area contributed by atoms with Crippen LogP contribution in [-0.4, -0.2) is 16.1 Å². The molecule has 0 aromatic heterocycles. The van der Waals surface area contributed by atoms with Gasteiger partial charge in [0, 0.05) is 32.9 Å². The molecule has 3 aromatic carbocycles. The van der Waals surface area contributed by atoms with Gasteiger partial charge in [-0.1, -0.05) is 47.5 Å². The quantitative estimate of drug-likeness (QED) is 0.293. The zero-order chi connectivity index (χ0) is 25.5. The van der Waals surface area contributed by atoms with E-state index in [-0.39, 0.29) is 16.1 Å². The molecule has 0 heterocycles. The molecule has 1 fully saturated rings. The normalized spacial score (nSPS) is 18.0. The number of halogens is 6. The van der Waals surface area contributed by atoms with Crippen molar-refractivity contribution in [3.8, 4) is 0 Å². The molecule has 2 N–H and O–H groups in total. The fourth-order valence-electron chi connectivity index (χ4n) is 3.80. The Morgan fingerprint density at radius 1 is 0.914 bits per heavy atom. The van der Waals surface area contributed by atoms with Crippen molar-refractivity contribution in [2.24, 2.45) is 5.92 Å². The number of carbonyl (C=O) groups is 2. The Morgan fingerprint density at radius 3 is 2.20 bits per heavy atom. The Bertz CT molecular complexity index is 1340. The van der Waals surface area contributed by atoms with E-state index in [1.165, 1.54) is 36.4 Å². The largest absolute Gasteiger partial charge is 0.326 e. The highest BCUT2D eigenvalue weighted by Crippen LogP contribution is 2.65. The molecule has 2 atom stereocenters. The third kappa shape index (κ3) is 5.45. The SMILES string of the molecule is C=Cc1cc(NC(=O)c2cc(NC(=O)[C@H]3[C@H](c4cc(Cl)cc(Cl)c4)C3(Cl)Cl)ccc2Cl)ccc1F. The summed E-state index contributed by atoms with van der Waals surface area (Å²) in [6.45, 7) is 3.54. The van der Waals surface area contributed by atoms with Gasteiger partial charge in [0.25, 0.3) is 5.91 Å². The average Bonchev–Trinajstić information content (AvgIpc) is 3.37. The Morgan fingerprint density at radius 2 is 1.54 bits per heavy atom. The maximum Gasteiger partial charge on any atom is 0.257 e. The van der Waals surface area contributed by atoms with E-state index < -0.39 is 33.8 Å². The van der Waals surface area contributed by atoms with Crippen LogP contribution in [0.5, 0.6) is 0 Å². The fourth-order valence-corrected chi connectivity index (χ4v) is 5.37. The maximum atomic E-state index is 13.7. The molecule has 1 saturated carbocycles. The number of hydrogen-bond donors (Lipinski definition) is 2. The first-order valence-corrected chi connectivity index (χ1v) is 12.1. The topological polar surface area (TPSA) is 58.2 Å². The molecule has 0 unspecified atom stereocenters. The minimum Gasteiger partial charge on any atom is -0.326 e.